The molecule has 1 aliphatic rings. The third kappa shape index (κ3) is 5.57. The van der Waals surface area contributed by atoms with Crippen molar-refractivity contribution in [3.63, 3.8) is 0 Å². The van der Waals surface area contributed by atoms with Gasteiger partial charge in [-0.2, -0.15) is 0 Å². The molecule has 1 aliphatic carbocycles. The highest BCUT2D eigenvalue weighted by atomic mass is 32.2. The van der Waals surface area contributed by atoms with E-state index in [2.05, 4.69) is 39.9 Å². The molecule has 0 atom stereocenters. The second kappa shape index (κ2) is 9.04. The summed E-state index contributed by atoms with van der Waals surface area (Å²) < 4.78 is 5.47. The number of methoxy groups -OCH3 is 1. The van der Waals surface area contributed by atoms with Crippen LogP contribution in [0.25, 0.3) is 0 Å². The summed E-state index contributed by atoms with van der Waals surface area (Å²) in [4.78, 5) is 5.93. The van der Waals surface area contributed by atoms with Gasteiger partial charge in [-0.25, -0.2) is 4.99 Å². The van der Waals surface area contributed by atoms with Crippen LogP contribution in [0.4, 0.5) is 0 Å². The third-order valence-electron chi connectivity index (χ3n) is 4.50. The lowest BCUT2D eigenvalue weighted by Gasteiger charge is -2.18. The Morgan fingerprint density at radius 1 is 1.19 bits per heavy atom. The summed E-state index contributed by atoms with van der Waals surface area (Å²) in [5, 5.41) is 16.8. The summed E-state index contributed by atoms with van der Waals surface area (Å²) in [7, 11) is 1.62. The molecule has 0 unspecified atom stereocenters. The summed E-state index contributed by atoms with van der Waals surface area (Å²) in [5.74, 6) is 1.71. The molecule has 5 nitrogen and oxygen atoms in total. The molecule has 0 amide bonds. The van der Waals surface area contributed by atoms with E-state index in [0.717, 1.165) is 24.6 Å². The average molecular weight is 386 g/mol. The van der Waals surface area contributed by atoms with Crippen molar-refractivity contribution in [2.75, 3.05) is 20.2 Å². The van der Waals surface area contributed by atoms with Crippen LogP contribution in [-0.4, -0.2) is 36.0 Å². The second-order valence-electron chi connectivity index (χ2n) is 6.64. The van der Waals surface area contributed by atoms with E-state index in [0.29, 0.717) is 12.3 Å². The van der Waals surface area contributed by atoms with E-state index in [1.54, 1.807) is 19.2 Å². The van der Waals surface area contributed by atoms with Gasteiger partial charge < -0.3 is 20.5 Å². The number of aromatic hydroxyl groups is 1. The SMILES string of the molecule is CCNC(=NCc1cc(OC)ccc1O)NCC1(Sc2ccccc2)CC1. The quantitative estimate of drug-likeness (QED) is 0.477. The molecule has 6 heteroatoms. The number of phenolic OH excluding ortho intramolecular Hbond substituents is 1. The zero-order chi connectivity index (χ0) is 19.1. The minimum atomic E-state index is 0.230. The maximum atomic E-state index is 10.0. The van der Waals surface area contributed by atoms with E-state index in [-0.39, 0.29) is 10.5 Å². The molecule has 0 heterocycles. The van der Waals surface area contributed by atoms with Gasteiger partial charge in [-0.3, -0.25) is 0 Å². The van der Waals surface area contributed by atoms with Crippen LogP contribution in [0.3, 0.4) is 0 Å². The lowest BCUT2D eigenvalue weighted by Crippen LogP contribution is -2.41. The van der Waals surface area contributed by atoms with Crippen LogP contribution in [0.15, 0.2) is 58.4 Å². The number of benzene rings is 2. The molecular weight excluding hydrogens is 358 g/mol. The van der Waals surface area contributed by atoms with E-state index < -0.39 is 0 Å². The topological polar surface area (TPSA) is 65.9 Å². The van der Waals surface area contributed by atoms with Gasteiger partial charge in [0.2, 0.25) is 0 Å². The molecule has 0 spiro atoms. The molecule has 3 N–H and O–H groups in total. The van der Waals surface area contributed by atoms with Crippen LogP contribution in [0.5, 0.6) is 11.5 Å². The first-order valence-electron chi connectivity index (χ1n) is 9.26. The molecule has 2 aromatic rings. The summed E-state index contributed by atoms with van der Waals surface area (Å²) in [6.07, 6.45) is 2.41. The van der Waals surface area contributed by atoms with E-state index in [4.69, 9.17) is 4.74 Å². The van der Waals surface area contributed by atoms with Crippen LogP contribution in [0, 0.1) is 0 Å². The fraction of sp³-hybridized carbons (Fsp3) is 0.381. The van der Waals surface area contributed by atoms with Crippen LogP contribution < -0.4 is 15.4 Å². The number of rotatable bonds is 8. The van der Waals surface area contributed by atoms with Gasteiger partial charge in [-0.05, 0) is 50.1 Å². The lowest BCUT2D eigenvalue weighted by atomic mass is 10.2. The van der Waals surface area contributed by atoms with Crippen LogP contribution in [0.2, 0.25) is 0 Å². The molecule has 3 rings (SSSR count). The van der Waals surface area contributed by atoms with Crippen molar-refractivity contribution in [3.05, 3.63) is 54.1 Å². The maximum Gasteiger partial charge on any atom is 0.191 e. The number of nitrogens with one attached hydrogen (secondary N) is 2. The first kappa shape index (κ1) is 19.4. The fourth-order valence-corrected chi connectivity index (χ4v) is 4.00. The number of phenols is 1. The number of aliphatic imine (C=N–C) groups is 1. The van der Waals surface area contributed by atoms with Crippen molar-refractivity contribution >= 4 is 17.7 Å². The number of hydrogen-bond acceptors (Lipinski definition) is 4. The van der Waals surface area contributed by atoms with Crippen molar-refractivity contribution < 1.29 is 9.84 Å². The van der Waals surface area contributed by atoms with Crippen molar-refractivity contribution in [1.82, 2.24) is 10.6 Å². The first-order chi connectivity index (χ1) is 13.1. The minimum Gasteiger partial charge on any atom is -0.508 e. The van der Waals surface area contributed by atoms with Gasteiger partial charge in [0.15, 0.2) is 5.96 Å². The van der Waals surface area contributed by atoms with Gasteiger partial charge in [-0.1, -0.05) is 18.2 Å². The second-order valence-corrected chi connectivity index (χ2v) is 8.18. The Morgan fingerprint density at radius 3 is 2.63 bits per heavy atom. The summed E-state index contributed by atoms with van der Waals surface area (Å²) in [6.45, 7) is 4.08. The van der Waals surface area contributed by atoms with Gasteiger partial charge in [0.1, 0.15) is 11.5 Å². The maximum absolute atomic E-state index is 10.0. The van der Waals surface area contributed by atoms with Crippen LogP contribution >= 0.6 is 11.8 Å². The molecule has 0 saturated heterocycles. The standard InChI is InChI=1S/C21H27N3O2S/c1-3-22-20(23-14-16-13-17(26-2)9-10-19(16)25)24-15-21(11-12-21)27-18-7-5-4-6-8-18/h4-10,13,25H,3,11-12,14-15H2,1-2H3,(H2,22,23,24). The molecule has 1 fully saturated rings. The fourth-order valence-electron chi connectivity index (χ4n) is 2.76. The molecule has 0 aromatic heterocycles. The van der Waals surface area contributed by atoms with E-state index in [1.807, 2.05) is 30.8 Å². The molecule has 144 valence electrons. The molecule has 27 heavy (non-hydrogen) atoms. The number of thioether (sulfide) groups is 1. The van der Waals surface area contributed by atoms with E-state index in [9.17, 15) is 5.11 Å². The van der Waals surface area contributed by atoms with Gasteiger partial charge in [-0.15, -0.1) is 11.8 Å². The predicted octanol–water partition coefficient (Wildman–Crippen LogP) is 3.78. The van der Waals surface area contributed by atoms with Gasteiger partial charge >= 0.3 is 0 Å². The largest absolute Gasteiger partial charge is 0.508 e. The number of nitrogens with zero attached hydrogens (tertiary/aromatic N) is 1. The summed E-state index contributed by atoms with van der Waals surface area (Å²) in [6, 6.07) is 15.7. The minimum absolute atomic E-state index is 0.230. The normalized spacial score (nSPS) is 15.3. The van der Waals surface area contributed by atoms with Gasteiger partial charge in [0.05, 0.1) is 13.7 Å². The number of guanidine groups is 1. The molecule has 0 aliphatic heterocycles. The van der Waals surface area contributed by atoms with Gasteiger partial charge in [0, 0.05) is 28.3 Å². The Balaban J connectivity index is 1.61. The molecule has 0 radical (unpaired) electrons. The van der Waals surface area contributed by atoms with Crippen LogP contribution in [-0.2, 0) is 6.54 Å². The third-order valence-corrected chi connectivity index (χ3v) is 6.00. The zero-order valence-corrected chi connectivity index (χ0v) is 16.7. The van der Waals surface area contributed by atoms with Gasteiger partial charge in [0.25, 0.3) is 0 Å². The Morgan fingerprint density at radius 2 is 1.96 bits per heavy atom. The van der Waals surface area contributed by atoms with Crippen molar-refractivity contribution in [2.24, 2.45) is 4.99 Å². The summed E-state index contributed by atoms with van der Waals surface area (Å²) >= 11 is 1.94. The monoisotopic (exact) mass is 385 g/mol. The highest BCUT2D eigenvalue weighted by molar-refractivity contribution is 8.01. The van der Waals surface area contributed by atoms with E-state index in [1.165, 1.54) is 17.7 Å². The molecular formula is C21H27N3O2S. The Bertz CT molecular complexity index is 776. The van der Waals surface area contributed by atoms with Crippen molar-refractivity contribution in [3.8, 4) is 11.5 Å². The number of ether oxygens (including phenoxy) is 1. The lowest BCUT2D eigenvalue weighted by molar-refractivity contribution is 0.411. The average Bonchev–Trinajstić information content (AvgIpc) is 3.45. The summed E-state index contributed by atoms with van der Waals surface area (Å²) in [5.41, 5.74) is 0.742. The zero-order valence-electron chi connectivity index (χ0n) is 15.9. The van der Waals surface area contributed by atoms with Crippen molar-refractivity contribution in [1.29, 1.82) is 0 Å². The number of hydrogen-bond donors (Lipinski definition) is 3. The Labute approximate surface area is 165 Å². The van der Waals surface area contributed by atoms with E-state index >= 15 is 0 Å². The van der Waals surface area contributed by atoms with Crippen LogP contribution in [0.1, 0.15) is 25.3 Å². The highest BCUT2D eigenvalue weighted by Crippen LogP contribution is 2.51. The Kier molecular flexibility index (Phi) is 6.50. The molecule has 0 bridgehead atoms. The Hall–Kier alpha value is -2.34. The first-order valence-corrected chi connectivity index (χ1v) is 10.1. The molecule has 2 aromatic carbocycles. The molecule has 1 saturated carbocycles. The highest BCUT2D eigenvalue weighted by Gasteiger charge is 2.43. The van der Waals surface area contributed by atoms with Crippen molar-refractivity contribution in [2.45, 2.75) is 36.0 Å². The smallest absolute Gasteiger partial charge is 0.191 e. The predicted molar refractivity (Wildman–Crippen MR) is 112 cm³/mol.